The van der Waals surface area contributed by atoms with Gasteiger partial charge in [-0.2, -0.15) is 13.2 Å². The third-order valence-electron chi connectivity index (χ3n) is 3.58. The lowest BCUT2D eigenvalue weighted by Crippen LogP contribution is -2.39. The quantitative estimate of drug-likeness (QED) is 0.930. The molecule has 1 aliphatic heterocycles. The Bertz CT molecular complexity index is 481. The van der Waals surface area contributed by atoms with Crippen molar-refractivity contribution >= 4 is 5.91 Å². The number of carbonyl (C=O) groups is 1. The zero-order chi connectivity index (χ0) is 15.5. The van der Waals surface area contributed by atoms with Crippen LogP contribution in [0.3, 0.4) is 0 Å². The highest BCUT2D eigenvalue weighted by atomic mass is 19.4. The van der Waals surface area contributed by atoms with Crippen LogP contribution in [0.4, 0.5) is 13.2 Å². The topological polar surface area (TPSA) is 45.2 Å². The van der Waals surface area contributed by atoms with Gasteiger partial charge in [0, 0.05) is 19.8 Å². The van der Waals surface area contributed by atoms with Gasteiger partial charge < -0.3 is 10.2 Å². The molecule has 1 aromatic rings. The molecule has 1 amide bonds. The summed E-state index contributed by atoms with van der Waals surface area (Å²) in [7, 11) is 1.66. The number of alkyl halides is 3. The summed E-state index contributed by atoms with van der Waals surface area (Å²) in [5.41, 5.74) is -0.813. The van der Waals surface area contributed by atoms with Gasteiger partial charge in [0.25, 0.3) is 5.91 Å². The lowest BCUT2D eigenvalue weighted by molar-refractivity contribution is -0.141. The molecular weight excluding hydrogens is 283 g/mol. The van der Waals surface area contributed by atoms with Crippen molar-refractivity contribution in [2.24, 2.45) is 5.92 Å². The highest BCUT2D eigenvalue weighted by molar-refractivity contribution is 5.93. The molecule has 0 aromatic carbocycles. The lowest BCUT2D eigenvalue weighted by Gasteiger charge is -2.27. The highest BCUT2D eigenvalue weighted by Gasteiger charge is 2.32. The Kier molecular flexibility index (Phi) is 4.82. The van der Waals surface area contributed by atoms with Crippen LogP contribution in [0.25, 0.3) is 0 Å². The maximum Gasteiger partial charge on any atom is 0.433 e. The first kappa shape index (κ1) is 15.8. The molecule has 1 unspecified atom stereocenters. The number of nitrogens with zero attached hydrogens (tertiary/aromatic N) is 2. The van der Waals surface area contributed by atoms with Crippen LogP contribution in [-0.4, -0.2) is 42.5 Å². The molecule has 1 N–H and O–H groups in total. The van der Waals surface area contributed by atoms with Crippen LogP contribution in [0.15, 0.2) is 18.3 Å². The van der Waals surface area contributed by atoms with Crippen LogP contribution in [0.5, 0.6) is 0 Å². The van der Waals surface area contributed by atoms with E-state index in [-0.39, 0.29) is 11.5 Å². The second-order valence-corrected chi connectivity index (χ2v) is 5.33. The summed E-state index contributed by atoms with van der Waals surface area (Å²) >= 11 is 0. The molecule has 2 heterocycles. The van der Waals surface area contributed by atoms with E-state index >= 15 is 0 Å². The van der Waals surface area contributed by atoms with E-state index in [1.165, 1.54) is 6.07 Å². The first-order chi connectivity index (χ1) is 9.88. The van der Waals surface area contributed by atoms with E-state index in [9.17, 15) is 18.0 Å². The molecule has 116 valence electrons. The number of hydrogen-bond donors (Lipinski definition) is 1. The summed E-state index contributed by atoms with van der Waals surface area (Å²) in [5, 5.41) is 3.27. The Morgan fingerprint density at radius 1 is 1.48 bits per heavy atom. The summed E-state index contributed by atoms with van der Waals surface area (Å²) in [4.78, 5) is 17.0. The van der Waals surface area contributed by atoms with E-state index in [0.29, 0.717) is 12.5 Å². The van der Waals surface area contributed by atoms with Crippen molar-refractivity contribution in [1.29, 1.82) is 0 Å². The number of nitrogens with one attached hydrogen (secondary N) is 1. The van der Waals surface area contributed by atoms with Crippen LogP contribution < -0.4 is 5.32 Å². The predicted octanol–water partition coefficient (Wildman–Crippen LogP) is 2.17. The summed E-state index contributed by atoms with van der Waals surface area (Å²) in [6, 6.07) is 2.01. The molecule has 0 aliphatic carbocycles. The van der Waals surface area contributed by atoms with Gasteiger partial charge in [0.15, 0.2) is 0 Å². The van der Waals surface area contributed by atoms with Crippen LogP contribution >= 0.6 is 0 Å². The summed E-state index contributed by atoms with van der Waals surface area (Å²) < 4.78 is 37.3. The number of aromatic nitrogens is 1. The Morgan fingerprint density at radius 2 is 2.24 bits per heavy atom. The smallest absolute Gasteiger partial charge is 0.341 e. The van der Waals surface area contributed by atoms with E-state index in [2.05, 4.69) is 10.3 Å². The Hall–Kier alpha value is -1.63. The fraction of sp³-hybridized carbons (Fsp3) is 0.571. The molecule has 1 atom stereocenters. The molecule has 0 saturated carbocycles. The summed E-state index contributed by atoms with van der Waals surface area (Å²) in [6.45, 7) is 2.45. The van der Waals surface area contributed by atoms with Gasteiger partial charge in [-0.25, -0.2) is 0 Å². The van der Waals surface area contributed by atoms with E-state index in [1.54, 1.807) is 11.9 Å². The standard InChI is InChI=1S/C14H18F3N3O/c1-20(9-10-3-2-6-18-7-10)13(21)11-4-5-12(19-8-11)14(15,16)17/h4-5,8,10,18H,2-3,6-7,9H2,1H3. The minimum absolute atomic E-state index is 0.175. The number of amides is 1. The van der Waals surface area contributed by atoms with Crippen LogP contribution in [0, 0.1) is 5.92 Å². The SMILES string of the molecule is CN(CC1CCCNC1)C(=O)c1ccc(C(F)(F)F)nc1. The number of hydrogen-bond acceptors (Lipinski definition) is 3. The van der Waals surface area contributed by atoms with Crippen molar-refractivity contribution in [2.45, 2.75) is 19.0 Å². The number of piperidine rings is 1. The van der Waals surface area contributed by atoms with Crippen LogP contribution in [-0.2, 0) is 6.18 Å². The molecular formula is C14H18F3N3O. The molecule has 0 bridgehead atoms. The maximum absolute atomic E-state index is 12.4. The van der Waals surface area contributed by atoms with Crippen LogP contribution in [0.2, 0.25) is 0 Å². The van der Waals surface area contributed by atoms with Gasteiger partial charge in [0.2, 0.25) is 0 Å². The van der Waals surface area contributed by atoms with Gasteiger partial charge in [-0.15, -0.1) is 0 Å². The predicted molar refractivity (Wildman–Crippen MR) is 71.8 cm³/mol. The number of rotatable bonds is 3. The van der Waals surface area contributed by atoms with Crippen molar-refractivity contribution in [1.82, 2.24) is 15.2 Å². The lowest BCUT2D eigenvalue weighted by atomic mass is 9.99. The molecule has 2 rings (SSSR count). The maximum atomic E-state index is 12.4. The molecule has 4 nitrogen and oxygen atoms in total. The van der Waals surface area contributed by atoms with E-state index in [1.807, 2.05) is 0 Å². The first-order valence-electron chi connectivity index (χ1n) is 6.87. The van der Waals surface area contributed by atoms with Gasteiger partial charge in [-0.05, 0) is 44.0 Å². The van der Waals surface area contributed by atoms with Gasteiger partial charge in [0.05, 0.1) is 5.56 Å². The Labute approximate surface area is 121 Å². The monoisotopic (exact) mass is 301 g/mol. The third kappa shape index (κ3) is 4.17. The minimum Gasteiger partial charge on any atom is -0.341 e. The molecule has 1 saturated heterocycles. The van der Waals surface area contributed by atoms with Gasteiger partial charge in [-0.1, -0.05) is 0 Å². The zero-order valence-electron chi connectivity index (χ0n) is 11.8. The van der Waals surface area contributed by atoms with Crippen LogP contribution in [0.1, 0.15) is 28.9 Å². The summed E-state index contributed by atoms with van der Waals surface area (Å²) in [6.07, 6.45) is -1.37. The second kappa shape index (κ2) is 6.43. The summed E-state index contributed by atoms with van der Waals surface area (Å²) in [5.74, 6) is 0.0805. The third-order valence-corrected chi connectivity index (χ3v) is 3.58. The molecule has 21 heavy (non-hydrogen) atoms. The highest BCUT2D eigenvalue weighted by Crippen LogP contribution is 2.27. The second-order valence-electron chi connectivity index (χ2n) is 5.33. The fourth-order valence-corrected chi connectivity index (χ4v) is 2.46. The normalized spacial score (nSPS) is 19.3. The van der Waals surface area contributed by atoms with Gasteiger partial charge in [0.1, 0.15) is 5.69 Å². The van der Waals surface area contributed by atoms with Crippen molar-refractivity contribution in [3.63, 3.8) is 0 Å². The molecule has 1 aromatic heterocycles. The van der Waals surface area contributed by atoms with Crippen molar-refractivity contribution in [3.05, 3.63) is 29.6 Å². The molecule has 0 spiro atoms. The van der Waals surface area contributed by atoms with Gasteiger partial charge in [-0.3, -0.25) is 9.78 Å². The largest absolute Gasteiger partial charge is 0.433 e. The minimum atomic E-state index is -4.48. The van der Waals surface area contributed by atoms with E-state index < -0.39 is 11.9 Å². The van der Waals surface area contributed by atoms with Crippen molar-refractivity contribution < 1.29 is 18.0 Å². The first-order valence-corrected chi connectivity index (χ1v) is 6.87. The Balaban J connectivity index is 1.98. The molecule has 1 fully saturated rings. The average Bonchev–Trinajstić information content (AvgIpc) is 2.46. The average molecular weight is 301 g/mol. The number of halogens is 3. The van der Waals surface area contributed by atoms with Crippen molar-refractivity contribution in [2.75, 3.05) is 26.7 Å². The molecule has 1 aliphatic rings. The Morgan fingerprint density at radius 3 is 2.76 bits per heavy atom. The zero-order valence-corrected chi connectivity index (χ0v) is 11.8. The number of pyridine rings is 1. The van der Waals surface area contributed by atoms with E-state index in [0.717, 1.165) is 38.2 Å². The number of carbonyl (C=O) groups excluding carboxylic acids is 1. The van der Waals surface area contributed by atoms with E-state index in [4.69, 9.17) is 0 Å². The molecule has 0 radical (unpaired) electrons. The van der Waals surface area contributed by atoms with Crippen molar-refractivity contribution in [3.8, 4) is 0 Å². The van der Waals surface area contributed by atoms with Gasteiger partial charge >= 0.3 is 6.18 Å². The fourth-order valence-electron chi connectivity index (χ4n) is 2.46. The molecule has 7 heteroatoms.